The molecule has 2 aromatic rings. The van der Waals surface area contributed by atoms with E-state index in [1.54, 1.807) is 31.4 Å². The molecule has 0 spiro atoms. The summed E-state index contributed by atoms with van der Waals surface area (Å²) < 4.78 is 11.7. The van der Waals surface area contributed by atoms with Gasteiger partial charge in [0.1, 0.15) is 0 Å². The van der Waals surface area contributed by atoms with Crippen molar-refractivity contribution in [2.75, 3.05) is 19.0 Å². The number of hydrogen-bond acceptors (Lipinski definition) is 5. The van der Waals surface area contributed by atoms with Crippen LogP contribution in [0, 0.1) is 0 Å². The molecule has 1 N–H and O–H groups in total. The number of benzene rings is 2. The lowest BCUT2D eigenvalue weighted by Gasteiger charge is -2.24. The van der Waals surface area contributed by atoms with Crippen molar-refractivity contribution in [3.05, 3.63) is 53.6 Å². The molecular weight excluding hydrogens is 406 g/mol. The van der Waals surface area contributed by atoms with Crippen LogP contribution in [0.4, 0.5) is 5.69 Å². The molecule has 4 rings (SSSR count). The molecule has 32 heavy (non-hydrogen) atoms. The third-order valence-corrected chi connectivity index (χ3v) is 5.80. The number of anilines is 1. The van der Waals surface area contributed by atoms with Crippen molar-refractivity contribution in [2.24, 2.45) is 5.10 Å². The first kappa shape index (κ1) is 21.9. The minimum Gasteiger partial charge on any atom is -0.493 e. The number of hydrazone groups is 1. The largest absolute Gasteiger partial charge is 0.493 e. The summed E-state index contributed by atoms with van der Waals surface area (Å²) in [6, 6.07) is 12.7. The fourth-order valence-electron chi connectivity index (χ4n) is 4.17. The van der Waals surface area contributed by atoms with Crippen molar-refractivity contribution in [1.82, 2.24) is 5.01 Å². The predicted octanol–water partition coefficient (Wildman–Crippen LogP) is 4.62. The number of methoxy groups -OCH3 is 1. The Hall–Kier alpha value is -3.35. The summed E-state index contributed by atoms with van der Waals surface area (Å²) in [5.74, 6) is 1.14. The number of hydrogen-bond donors (Lipinski definition) is 1. The summed E-state index contributed by atoms with van der Waals surface area (Å²) in [5.41, 5.74) is 2.99. The first-order valence-corrected chi connectivity index (χ1v) is 11.2. The van der Waals surface area contributed by atoms with Crippen LogP contribution in [0.3, 0.4) is 0 Å². The number of nitrogens with one attached hydrogen (secondary N) is 1. The van der Waals surface area contributed by atoms with E-state index in [1.807, 2.05) is 18.2 Å². The Bertz CT molecular complexity index is 1010. The maximum Gasteiger partial charge on any atom is 0.273 e. The van der Waals surface area contributed by atoms with Crippen molar-refractivity contribution in [1.29, 1.82) is 0 Å². The number of carbonyl (C=O) groups is 2. The third kappa shape index (κ3) is 5.10. The van der Waals surface area contributed by atoms with E-state index in [-0.39, 0.29) is 17.9 Å². The van der Waals surface area contributed by atoms with E-state index in [0.717, 1.165) is 42.7 Å². The van der Waals surface area contributed by atoms with Crippen LogP contribution < -0.4 is 14.8 Å². The molecule has 2 aliphatic rings. The van der Waals surface area contributed by atoms with Crippen LogP contribution in [0.2, 0.25) is 0 Å². The van der Waals surface area contributed by atoms with E-state index in [1.165, 1.54) is 24.8 Å². The van der Waals surface area contributed by atoms with Gasteiger partial charge in [0.15, 0.2) is 11.5 Å². The summed E-state index contributed by atoms with van der Waals surface area (Å²) in [5, 5.41) is 8.89. The van der Waals surface area contributed by atoms with Gasteiger partial charge in [0.05, 0.1) is 18.9 Å². The van der Waals surface area contributed by atoms with Crippen molar-refractivity contribution in [3.8, 4) is 11.5 Å². The molecule has 0 atom stereocenters. The van der Waals surface area contributed by atoms with Gasteiger partial charge in [-0.1, -0.05) is 0 Å². The second-order valence-electron chi connectivity index (χ2n) is 8.23. The van der Waals surface area contributed by atoms with Crippen LogP contribution in [0.25, 0.3) is 0 Å². The van der Waals surface area contributed by atoms with Gasteiger partial charge in [-0.25, -0.2) is 5.01 Å². The highest BCUT2D eigenvalue weighted by Crippen LogP contribution is 2.33. The van der Waals surface area contributed by atoms with Gasteiger partial charge in [-0.2, -0.15) is 5.10 Å². The molecule has 1 aliphatic carbocycles. The second kappa shape index (κ2) is 9.85. The maximum absolute atomic E-state index is 13.0. The average Bonchev–Trinajstić information content (AvgIpc) is 3.32. The lowest BCUT2D eigenvalue weighted by Crippen LogP contribution is -2.32. The smallest absolute Gasteiger partial charge is 0.273 e. The van der Waals surface area contributed by atoms with Gasteiger partial charge in [0, 0.05) is 30.3 Å². The fourth-order valence-corrected chi connectivity index (χ4v) is 4.17. The molecular formula is C25H29N3O4. The molecule has 2 aromatic carbocycles. The minimum atomic E-state index is -0.160. The highest BCUT2D eigenvalue weighted by atomic mass is 16.5. The molecule has 0 bridgehead atoms. The molecule has 7 heteroatoms. The van der Waals surface area contributed by atoms with Gasteiger partial charge in [0.25, 0.3) is 5.91 Å². The van der Waals surface area contributed by atoms with Gasteiger partial charge in [-0.15, -0.1) is 0 Å². The zero-order chi connectivity index (χ0) is 22.5. The fraction of sp³-hybridized carbons (Fsp3) is 0.400. The lowest BCUT2D eigenvalue weighted by atomic mass is 10.0. The van der Waals surface area contributed by atoms with Gasteiger partial charge >= 0.3 is 0 Å². The van der Waals surface area contributed by atoms with Crippen LogP contribution in [0.1, 0.15) is 61.4 Å². The van der Waals surface area contributed by atoms with Crippen LogP contribution in [-0.4, -0.2) is 42.3 Å². The molecule has 1 fully saturated rings. The molecule has 0 saturated heterocycles. The average molecular weight is 436 g/mol. The summed E-state index contributed by atoms with van der Waals surface area (Å²) >= 11 is 0. The topological polar surface area (TPSA) is 80.2 Å². The van der Waals surface area contributed by atoms with Crippen LogP contribution >= 0.6 is 0 Å². The van der Waals surface area contributed by atoms with Crippen LogP contribution in [0.5, 0.6) is 11.5 Å². The first-order chi connectivity index (χ1) is 15.5. The molecule has 1 heterocycles. The van der Waals surface area contributed by atoms with Gasteiger partial charge in [-0.3, -0.25) is 9.59 Å². The van der Waals surface area contributed by atoms with E-state index in [4.69, 9.17) is 9.47 Å². The predicted molar refractivity (Wildman–Crippen MR) is 123 cm³/mol. The second-order valence-corrected chi connectivity index (χ2v) is 8.23. The SMILES string of the molecule is COc1ccc(C2=NN(C(=O)c3ccc(NC(C)=O)cc3)CCC2)cc1OC1CCCC1. The van der Waals surface area contributed by atoms with Crippen molar-refractivity contribution in [3.63, 3.8) is 0 Å². The maximum atomic E-state index is 13.0. The zero-order valence-corrected chi connectivity index (χ0v) is 18.6. The Morgan fingerprint density at radius 3 is 2.47 bits per heavy atom. The Balaban J connectivity index is 1.53. The summed E-state index contributed by atoms with van der Waals surface area (Å²) in [6.07, 6.45) is 6.38. The van der Waals surface area contributed by atoms with Crippen LogP contribution in [-0.2, 0) is 4.79 Å². The standard InChI is InChI=1S/C25H29N3O4/c1-17(29)26-20-12-9-18(10-13-20)25(30)28-15-5-8-22(27-28)19-11-14-23(31-2)24(16-19)32-21-6-3-4-7-21/h9-14,16,21H,3-8,15H2,1-2H3,(H,26,29). The Kier molecular flexibility index (Phi) is 6.73. The van der Waals surface area contributed by atoms with Crippen molar-refractivity contribution >= 4 is 23.2 Å². The Labute approximate surface area is 188 Å². The lowest BCUT2D eigenvalue weighted by molar-refractivity contribution is -0.114. The number of nitrogens with zero attached hydrogens (tertiary/aromatic N) is 2. The van der Waals surface area contributed by atoms with E-state index >= 15 is 0 Å². The highest BCUT2D eigenvalue weighted by molar-refractivity contribution is 6.03. The minimum absolute atomic E-state index is 0.148. The summed E-state index contributed by atoms with van der Waals surface area (Å²) in [4.78, 5) is 24.2. The quantitative estimate of drug-likeness (QED) is 0.718. The number of amides is 2. The third-order valence-electron chi connectivity index (χ3n) is 5.80. The van der Waals surface area contributed by atoms with E-state index in [9.17, 15) is 9.59 Å². The number of carbonyl (C=O) groups excluding carboxylic acids is 2. The van der Waals surface area contributed by atoms with Gasteiger partial charge in [0.2, 0.25) is 5.91 Å². The van der Waals surface area contributed by atoms with Gasteiger partial charge in [-0.05, 0) is 81.0 Å². The molecule has 168 valence electrons. The van der Waals surface area contributed by atoms with E-state index in [0.29, 0.717) is 23.5 Å². The normalized spacial score (nSPS) is 16.4. The molecule has 7 nitrogen and oxygen atoms in total. The Morgan fingerprint density at radius 1 is 1.03 bits per heavy atom. The summed E-state index contributed by atoms with van der Waals surface area (Å²) in [6.45, 7) is 2.02. The highest BCUT2D eigenvalue weighted by Gasteiger charge is 2.23. The Morgan fingerprint density at radius 2 is 1.78 bits per heavy atom. The molecule has 1 aliphatic heterocycles. The first-order valence-electron chi connectivity index (χ1n) is 11.2. The van der Waals surface area contributed by atoms with Crippen LogP contribution in [0.15, 0.2) is 47.6 Å². The molecule has 2 amide bonds. The molecule has 0 aromatic heterocycles. The molecule has 0 radical (unpaired) electrons. The summed E-state index contributed by atoms with van der Waals surface area (Å²) in [7, 11) is 1.65. The monoisotopic (exact) mass is 435 g/mol. The van der Waals surface area contributed by atoms with Crippen molar-refractivity contribution < 1.29 is 19.1 Å². The number of rotatable bonds is 6. The van der Waals surface area contributed by atoms with E-state index in [2.05, 4.69) is 10.4 Å². The molecule has 0 unspecified atom stereocenters. The zero-order valence-electron chi connectivity index (χ0n) is 18.6. The van der Waals surface area contributed by atoms with E-state index < -0.39 is 0 Å². The van der Waals surface area contributed by atoms with Gasteiger partial charge < -0.3 is 14.8 Å². The number of ether oxygens (including phenoxy) is 2. The molecule has 1 saturated carbocycles. The van der Waals surface area contributed by atoms with Crippen molar-refractivity contribution in [2.45, 2.75) is 51.6 Å².